The highest BCUT2D eigenvalue weighted by Crippen LogP contribution is 2.28. The summed E-state index contributed by atoms with van der Waals surface area (Å²) in [4.78, 5) is 10.9. The first-order valence-electron chi connectivity index (χ1n) is 4.35. The maximum absolute atomic E-state index is 10.9. The number of nitrogens with zero attached hydrogens (tertiary/aromatic N) is 4. The van der Waals surface area contributed by atoms with Crippen LogP contribution in [-0.2, 0) is 4.79 Å². The first kappa shape index (κ1) is 10.8. The highest BCUT2D eigenvalue weighted by molar-refractivity contribution is 9.10. The van der Waals surface area contributed by atoms with Crippen LogP contribution in [0, 0.1) is 0 Å². The molecule has 0 amide bonds. The van der Waals surface area contributed by atoms with Crippen LogP contribution in [0.15, 0.2) is 21.4 Å². The Morgan fingerprint density at radius 1 is 1.69 bits per heavy atom. The van der Waals surface area contributed by atoms with Gasteiger partial charge < -0.3 is 9.52 Å². The number of rotatable bonds is 3. The summed E-state index contributed by atoms with van der Waals surface area (Å²) < 4.78 is 6.72. The normalized spacial score (nSPS) is 12.6. The molecule has 2 heterocycles. The predicted molar refractivity (Wildman–Crippen MR) is 55.6 cm³/mol. The quantitative estimate of drug-likeness (QED) is 0.915. The molecule has 2 aromatic heterocycles. The fourth-order valence-corrected chi connectivity index (χ4v) is 1.61. The molecule has 1 unspecified atom stereocenters. The lowest BCUT2D eigenvalue weighted by Gasteiger charge is -2.07. The molecule has 16 heavy (non-hydrogen) atoms. The van der Waals surface area contributed by atoms with Crippen LogP contribution < -0.4 is 0 Å². The molecule has 0 fully saturated rings. The number of carbonyl (C=O) groups is 1. The third-order valence-corrected chi connectivity index (χ3v) is 2.69. The van der Waals surface area contributed by atoms with Crippen molar-refractivity contribution in [1.82, 2.24) is 20.2 Å². The Bertz CT molecular complexity index is 521. The lowest BCUT2D eigenvalue weighted by Crippen LogP contribution is -2.18. The van der Waals surface area contributed by atoms with Crippen LogP contribution in [0.5, 0.6) is 0 Å². The van der Waals surface area contributed by atoms with E-state index in [0.29, 0.717) is 16.1 Å². The summed E-state index contributed by atoms with van der Waals surface area (Å²) in [5.74, 6) is -0.663. The third kappa shape index (κ3) is 1.71. The van der Waals surface area contributed by atoms with Crippen LogP contribution >= 0.6 is 15.9 Å². The molecule has 8 heteroatoms. The minimum Gasteiger partial charge on any atom is -0.480 e. The van der Waals surface area contributed by atoms with Gasteiger partial charge in [-0.2, -0.15) is 0 Å². The topological polar surface area (TPSA) is 94.0 Å². The van der Waals surface area contributed by atoms with Gasteiger partial charge >= 0.3 is 5.97 Å². The molecule has 0 radical (unpaired) electrons. The minimum absolute atomic E-state index is 0.343. The van der Waals surface area contributed by atoms with Crippen LogP contribution in [-0.4, -0.2) is 31.3 Å². The van der Waals surface area contributed by atoms with E-state index in [4.69, 9.17) is 9.52 Å². The van der Waals surface area contributed by atoms with Crippen LogP contribution in [0.3, 0.4) is 0 Å². The Hall–Kier alpha value is -1.70. The Kier molecular flexibility index (Phi) is 2.73. The molecule has 0 spiro atoms. The summed E-state index contributed by atoms with van der Waals surface area (Å²) in [5, 5.41) is 19.8. The van der Waals surface area contributed by atoms with Crippen LogP contribution in [0.1, 0.15) is 13.0 Å². The van der Waals surface area contributed by atoms with Crippen molar-refractivity contribution in [3.63, 3.8) is 0 Å². The predicted octanol–water partition coefficient (Wildman–Crippen LogP) is 1.34. The smallest absolute Gasteiger partial charge is 0.328 e. The Labute approximate surface area is 98.2 Å². The Balaban J connectivity index is 2.48. The standard InChI is InChI=1S/C8H7BrN4O3/c1-4(8(14)15)13-7(10-11-12-13)5-2-3-16-6(5)9/h2-4H,1H3,(H,14,15). The molecule has 84 valence electrons. The molecule has 0 aromatic carbocycles. The van der Waals surface area contributed by atoms with Gasteiger partial charge in [-0.3, -0.25) is 0 Å². The first-order valence-corrected chi connectivity index (χ1v) is 5.14. The third-order valence-electron chi connectivity index (χ3n) is 2.08. The second kappa shape index (κ2) is 4.05. The molecule has 1 atom stereocenters. The average molecular weight is 287 g/mol. The molecule has 0 aliphatic rings. The van der Waals surface area contributed by atoms with Gasteiger partial charge in [0.1, 0.15) is 0 Å². The monoisotopic (exact) mass is 286 g/mol. The fraction of sp³-hybridized carbons (Fsp3) is 0.250. The summed E-state index contributed by atoms with van der Waals surface area (Å²) in [5.41, 5.74) is 0.609. The van der Waals surface area contributed by atoms with Gasteiger partial charge in [-0.15, -0.1) is 5.10 Å². The molecule has 7 nitrogen and oxygen atoms in total. The van der Waals surface area contributed by atoms with Gasteiger partial charge in [0.25, 0.3) is 0 Å². The highest BCUT2D eigenvalue weighted by atomic mass is 79.9. The summed E-state index contributed by atoms with van der Waals surface area (Å²) in [6.07, 6.45) is 1.46. The van der Waals surface area contributed by atoms with Crippen molar-refractivity contribution in [2.75, 3.05) is 0 Å². The number of furan rings is 1. The number of halogens is 1. The van der Waals surface area contributed by atoms with Crippen molar-refractivity contribution in [3.05, 3.63) is 17.0 Å². The molecule has 2 aromatic rings. The zero-order chi connectivity index (χ0) is 11.7. The van der Waals surface area contributed by atoms with E-state index in [0.717, 1.165) is 0 Å². The van der Waals surface area contributed by atoms with E-state index in [1.165, 1.54) is 17.9 Å². The van der Waals surface area contributed by atoms with Crippen LogP contribution in [0.25, 0.3) is 11.4 Å². The van der Waals surface area contributed by atoms with Gasteiger partial charge in [0.15, 0.2) is 16.5 Å². The summed E-state index contributed by atoms with van der Waals surface area (Å²) >= 11 is 3.19. The maximum Gasteiger partial charge on any atom is 0.328 e. The van der Waals surface area contributed by atoms with Gasteiger partial charge in [0, 0.05) is 0 Å². The van der Waals surface area contributed by atoms with E-state index in [1.807, 2.05) is 0 Å². The van der Waals surface area contributed by atoms with E-state index in [2.05, 4.69) is 31.5 Å². The molecular formula is C8H7BrN4O3. The Morgan fingerprint density at radius 3 is 3.00 bits per heavy atom. The first-order chi connectivity index (χ1) is 7.61. The average Bonchev–Trinajstić information content (AvgIpc) is 2.84. The van der Waals surface area contributed by atoms with Crippen LogP contribution in [0.4, 0.5) is 0 Å². The molecule has 0 bridgehead atoms. The number of hydrogen-bond acceptors (Lipinski definition) is 5. The minimum atomic E-state index is -1.01. The number of aromatic nitrogens is 4. The van der Waals surface area contributed by atoms with Crippen molar-refractivity contribution in [2.24, 2.45) is 0 Å². The second-order valence-corrected chi connectivity index (χ2v) is 3.79. The van der Waals surface area contributed by atoms with Crippen molar-refractivity contribution < 1.29 is 14.3 Å². The van der Waals surface area contributed by atoms with Crippen molar-refractivity contribution >= 4 is 21.9 Å². The van der Waals surface area contributed by atoms with Crippen molar-refractivity contribution in [2.45, 2.75) is 13.0 Å². The lowest BCUT2D eigenvalue weighted by atomic mass is 10.3. The zero-order valence-electron chi connectivity index (χ0n) is 8.16. The Morgan fingerprint density at radius 2 is 2.44 bits per heavy atom. The number of carboxylic acids is 1. The molecule has 2 rings (SSSR count). The second-order valence-electron chi connectivity index (χ2n) is 3.07. The van der Waals surface area contributed by atoms with E-state index in [1.54, 1.807) is 6.07 Å². The molecule has 0 aliphatic heterocycles. The fourth-order valence-electron chi connectivity index (χ4n) is 1.19. The van der Waals surface area contributed by atoms with E-state index in [-0.39, 0.29) is 0 Å². The molecular weight excluding hydrogens is 280 g/mol. The summed E-state index contributed by atoms with van der Waals surface area (Å²) in [6, 6.07) is 0.813. The van der Waals surface area contributed by atoms with Gasteiger partial charge in [0.2, 0.25) is 0 Å². The van der Waals surface area contributed by atoms with E-state index >= 15 is 0 Å². The van der Waals surface area contributed by atoms with Gasteiger partial charge in [-0.25, -0.2) is 9.48 Å². The van der Waals surface area contributed by atoms with E-state index < -0.39 is 12.0 Å². The number of hydrogen-bond donors (Lipinski definition) is 1. The van der Waals surface area contributed by atoms with Gasteiger partial charge in [-0.05, 0) is 39.3 Å². The summed E-state index contributed by atoms with van der Waals surface area (Å²) in [7, 11) is 0. The maximum atomic E-state index is 10.9. The lowest BCUT2D eigenvalue weighted by molar-refractivity contribution is -0.140. The molecule has 0 saturated heterocycles. The number of carboxylic acid groups (broad SMARTS) is 1. The number of aliphatic carboxylic acids is 1. The number of tetrazole rings is 1. The SMILES string of the molecule is CC(C(=O)O)n1nnnc1-c1ccoc1Br. The van der Waals surface area contributed by atoms with Gasteiger partial charge in [-0.1, -0.05) is 0 Å². The molecule has 1 N–H and O–H groups in total. The summed E-state index contributed by atoms with van der Waals surface area (Å²) in [6.45, 7) is 1.50. The van der Waals surface area contributed by atoms with E-state index in [9.17, 15) is 4.79 Å². The highest BCUT2D eigenvalue weighted by Gasteiger charge is 2.22. The molecule has 0 saturated carbocycles. The zero-order valence-corrected chi connectivity index (χ0v) is 9.75. The van der Waals surface area contributed by atoms with Crippen molar-refractivity contribution in [3.8, 4) is 11.4 Å². The molecule has 0 aliphatic carbocycles. The van der Waals surface area contributed by atoms with Crippen molar-refractivity contribution in [1.29, 1.82) is 0 Å². The van der Waals surface area contributed by atoms with Crippen LogP contribution in [0.2, 0.25) is 0 Å². The largest absolute Gasteiger partial charge is 0.480 e. The van der Waals surface area contributed by atoms with Gasteiger partial charge in [0.05, 0.1) is 11.8 Å².